The highest BCUT2D eigenvalue weighted by molar-refractivity contribution is 6.33. The summed E-state index contributed by atoms with van der Waals surface area (Å²) in [4.78, 5) is 21.9. The van der Waals surface area contributed by atoms with Gasteiger partial charge in [-0.15, -0.1) is 0 Å². The van der Waals surface area contributed by atoms with Crippen molar-refractivity contribution in [1.82, 2.24) is 0 Å². The van der Waals surface area contributed by atoms with E-state index in [1.165, 1.54) is 12.1 Å². The summed E-state index contributed by atoms with van der Waals surface area (Å²) in [5.41, 5.74) is 0.189. The SMILES string of the molecule is CC(=O)C(=Cc1cccc(C#N)c1Cl)C(=O)O. The van der Waals surface area contributed by atoms with Crippen LogP contribution in [0.2, 0.25) is 5.02 Å². The second-order valence-corrected chi connectivity index (χ2v) is 3.62. The Morgan fingerprint density at radius 1 is 1.47 bits per heavy atom. The molecule has 0 aromatic heterocycles. The lowest BCUT2D eigenvalue weighted by molar-refractivity contribution is -0.134. The van der Waals surface area contributed by atoms with Gasteiger partial charge in [-0.3, -0.25) is 4.79 Å². The number of hydrogen-bond donors (Lipinski definition) is 1. The van der Waals surface area contributed by atoms with Gasteiger partial charge in [0.05, 0.1) is 10.6 Å². The normalized spacial score (nSPS) is 10.8. The van der Waals surface area contributed by atoms with Crippen LogP contribution < -0.4 is 0 Å². The topological polar surface area (TPSA) is 78.2 Å². The molecule has 0 saturated heterocycles. The molecule has 0 amide bonds. The third-order valence-corrected chi connectivity index (χ3v) is 2.48. The van der Waals surface area contributed by atoms with Crippen molar-refractivity contribution in [2.75, 3.05) is 0 Å². The number of rotatable bonds is 3. The second-order valence-electron chi connectivity index (χ2n) is 3.24. The van der Waals surface area contributed by atoms with Crippen molar-refractivity contribution >= 4 is 29.4 Å². The van der Waals surface area contributed by atoms with Gasteiger partial charge in [-0.25, -0.2) is 4.79 Å². The van der Waals surface area contributed by atoms with Crippen molar-refractivity contribution in [1.29, 1.82) is 5.26 Å². The number of carbonyl (C=O) groups excluding carboxylic acids is 1. The number of aliphatic carboxylic acids is 1. The van der Waals surface area contributed by atoms with Crippen LogP contribution in [0.5, 0.6) is 0 Å². The van der Waals surface area contributed by atoms with Gasteiger partial charge in [-0.1, -0.05) is 23.7 Å². The van der Waals surface area contributed by atoms with Crippen molar-refractivity contribution in [3.63, 3.8) is 0 Å². The zero-order valence-corrected chi connectivity index (χ0v) is 9.65. The van der Waals surface area contributed by atoms with Gasteiger partial charge in [-0.05, 0) is 24.6 Å². The molecule has 0 heterocycles. The van der Waals surface area contributed by atoms with Crippen LogP contribution in [-0.4, -0.2) is 16.9 Å². The molecule has 0 aliphatic carbocycles. The van der Waals surface area contributed by atoms with Crippen LogP contribution in [0.15, 0.2) is 23.8 Å². The van der Waals surface area contributed by atoms with Crippen LogP contribution in [0.25, 0.3) is 6.08 Å². The predicted molar refractivity (Wildman–Crippen MR) is 62.5 cm³/mol. The van der Waals surface area contributed by atoms with Gasteiger partial charge in [0.15, 0.2) is 5.78 Å². The molecule has 1 rings (SSSR count). The highest BCUT2D eigenvalue weighted by atomic mass is 35.5. The fourth-order valence-electron chi connectivity index (χ4n) is 1.22. The van der Waals surface area contributed by atoms with E-state index in [0.717, 1.165) is 13.0 Å². The van der Waals surface area contributed by atoms with E-state index in [2.05, 4.69) is 0 Å². The molecule has 0 spiro atoms. The van der Waals surface area contributed by atoms with Crippen LogP contribution in [0.3, 0.4) is 0 Å². The van der Waals surface area contributed by atoms with E-state index in [1.807, 2.05) is 6.07 Å². The van der Waals surface area contributed by atoms with Gasteiger partial charge < -0.3 is 5.11 Å². The van der Waals surface area contributed by atoms with E-state index in [4.69, 9.17) is 22.0 Å². The van der Waals surface area contributed by atoms with Crippen LogP contribution in [0, 0.1) is 11.3 Å². The quantitative estimate of drug-likeness (QED) is 0.506. The Labute approximate surface area is 103 Å². The zero-order valence-electron chi connectivity index (χ0n) is 8.90. The number of carboxylic acid groups (broad SMARTS) is 1. The first-order valence-corrected chi connectivity index (χ1v) is 4.99. The summed E-state index contributed by atoms with van der Waals surface area (Å²) in [5, 5.41) is 17.7. The maximum atomic E-state index is 11.1. The number of nitrogens with zero attached hydrogens (tertiary/aromatic N) is 1. The lowest BCUT2D eigenvalue weighted by atomic mass is 10.1. The second kappa shape index (κ2) is 5.28. The average molecular weight is 250 g/mol. The lowest BCUT2D eigenvalue weighted by Crippen LogP contribution is -2.08. The fraction of sp³-hybridized carbons (Fsp3) is 0.0833. The Hall–Kier alpha value is -2.12. The number of Topliss-reactive ketones (excluding diaryl/α,β-unsaturated/α-hetero) is 1. The van der Waals surface area contributed by atoms with Crippen molar-refractivity contribution in [2.24, 2.45) is 0 Å². The Balaban J connectivity index is 3.36. The molecule has 5 heteroatoms. The maximum absolute atomic E-state index is 11.1. The largest absolute Gasteiger partial charge is 0.478 e. The summed E-state index contributed by atoms with van der Waals surface area (Å²) in [5.74, 6) is -1.90. The molecule has 0 radical (unpaired) electrons. The van der Waals surface area contributed by atoms with Crippen LogP contribution in [0.4, 0.5) is 0 Å². The van der Waals surface area contributed by atoms with Gasteiger partial charge in [0, 0.05) is 0 Å². The summed E-state index contributed by atoms with van der Waals surface area (Å²) in [6.45, 7) is 1.15. The molecule has 1 N–H and O–H groups in total. The van der Waals surface area contributed by atoms with Crippen LogP contribution >= 0.6 is 11.6 Å². The Morgan fingerprint density at radius 2 is 2.12 bits per heavy atom. The van der Waals surface area contributed by atoms with Gasteiger partial charge in [0.25, 0.3) is 0 Å². The van der Waals surface area contributed by atoms with Crippen LogP contribution in [0.1, 0.15) is 18.1 Å². The summed E-state index contributed by atoms with van der Waals surface area (Å²) in [7, 11) is 0. The van der Waals surface area contributed by atoms with Crippen molar-refractivity contribution in [3.05, 3.63) is 39.9 Å². The Kier molecular flexibility index (Phi) is 4.02. The monoisotopic (exact) mass is 249 g/mol. The molecule has 0 unspecified atom stereocenters. The average Bonchev–Trinajstić information content (AvgIpc) is 2.26. The molecule has 0 bridgehead atoms. The Morgan fingerprint density at radius 3 is 2.59 bits per heavy atom. The predicted octanol–water partition coefficient (Wildman–Crippen LogP) is 2.27. The molecule has 1 aromatic carbocycles. The maximum Gasteiger partial charge on any atom is 0.339 e. The summed E-state index contributed by atoms with van der Waals surface area (Å²) < 4.78 is 0. The van der Waals surface area contributed by atoms with Crippen molar-refractivity contribution < 1.29 is 14.7 Å². The standard InChI is InChI=1S/C12H8ClNO3/c1-7(15)10(12(16)17)5-8-3-2-4-9(6-14)11(8)13/h2-5H,1H3,(H,16,17). The van der Waals surface area contributed by atoms with E-state index in [1.54, 1.807) is 6.07 Å². The molecule has 86 valence electrons. The molecule has 4 nitrogen and oxygen atoms in total. The summed E-state index contributed by atoms with van der Waals surface area (Å²) in [6, 6.07) is 6.48. The van der Waals surface area contributed by atoms with E-state index in [-0.39, 0.29) is 16.2 Å². The third-order valence-electron chi connectivity index (χ3n) is 2.06. The van der Waals surface area contributed by atoms with Gasteiger partial charge in [0.2, 0.25) is 0 Å². The summed E-state index contributed by atoms with van der Waals surface area (Å²) in [6.07, 6.45) is 1.16. The zero-order chi connectivity index (χ0) is 13.0. The number of hydrogen-bond acceptors (Lipinski definition) is 3. The lowest BCUT2D eigenvalue weighted by Gasteiger charge is -2.02. The van der Waals surface area contributed by atoms with Gasteiger partial charge >= 0.3 is 5.97 Å². The molecular weight excluding hydrogens is 242 g/mol. The van der Waals surface area contributed by atoms with E-state index in [9.17, 15) is 9.59 Å². The van der Waals surface area contributed by atoms with Gasteiger partial charge in [-0.2, -0.15) is 5.26 Å². The molecule has 1 aromatic rings. The minimum absolute atomic E-state index is 0.134. The molecule has 0 saturated carbocycles. The number of carbonyl (C=O) groups is 2. The Bertz CT molecular complexity index is 539. The van der Waals surface area contributed by atoms with E-state index in [0.29, 0.717) is 5.56 Å². The first kappa shape index (κ1) is 12.9. The third kappa shape index (κ3) is 2.92. The molecular formula is C12H8ClNO3. The molecule has 0 atom stereocenters. The molecule has 17 heavy (non-hydrogen) atoms. The number of halogens is 1. The number of carboxylic acids is 1. The first-order chi connectivity index (χ1) is 7.97. The minimum atomic E-state index is -1.32. The number of benzene rings is 1. The molecule has 0 fully saturated rings. The van der Waals surface area contributed by atoms with Crippen molar-refractivity contribution in [2.45, 2.75) is 6.92 Å². The molecule has 0 aliphatic heterocycles. The van der Waals surface area contributed by atoms with E-state index >= 15 is 0 Å². The smallest absolute Gasteiger partial charge is 0.339 e. The minimum Gasteiger partial charge on any atom is -0.478 e. The molecule has 0 aliphatic rings. The number of nitriles is 1. The van der Waals surface area contributed by atoms with E-state index < -0.39 is 11.8 Å². The van der Waals surface area contributed by atoms with Gasteiger partial charge in [0.1, 0.15) is 11.6 Å². The highest BCUT2D eigenvalue weighted by Gasteiger charge is 2.14. The van der Waals surface area contributed by atoms with Crippen molar-refractivity contribution in [3.8, 4) is 6.07 Å². The van der Waals surface area contributed by atoms with Crippen LogP contribution in [-0.2, 0) is 9.59 Å². The fourth-order valence-corrected chi connectivity index (χ4v) is 1.44. The first-order valence-electron chi connectivity index (χ1n) is 4.62. The highest BCUT2D eigenvalue weighted by Crippen LogP contribution is 2.23. The summed E-state index contributed by atoms with van der Waals surface area (Å²) >= 11 is 5.89. The number of ketones is 1.